The summed E-state index contributed by atoms with van der Waals surface area (Å²) >= 11 is 0. The summed E-state index contributed by atoms with van der Waals surface area (Å²) in [7, 11) is 0. The number of carbonyl (C=O) groups excluding carboxylic acids is 2. The first-order valence-electron chi connectivity index (χ1n) is 6.46. The largest absolute Gasteiger partial charge is 0.434 e. The summed E-state index contributed by atoms with van der Waals surface area (Å²) in [5, 5.41) is 2.82. The molecule has 1 saturated heterocycles. The van der Waals surface area contributed by atoms with E-state index in [9.17, 15) is 9.59 Å². The van der Waals surface area contributed by atoms with Crippen LogP contribution in [0.5, 0.6) is 0 Å². The molecule has 0 aromatic carbocycles. The summed E-state index contributed by atoms with van der Waals surface area (Å²) in [5.41, 5.74) is 0. The summed E-state index contributed by atoms with van der Waals surface area (Å²) in [4.78, 5) is 22.4. The number of esters is 1. The van der Waals surface area contributed by atoms with E-state index in [1.165, 1.54) is 13.8 Å². The first-order chi connectivity index (χ1) is 8.36. The molecule has 5 heteroatoms. The maximum Gasteiger partial charge on any atom is 0.305 e. The Morgan fingerprint density at radius 2 is 1.83 bits per heavy atom. The van der Waals surface area contributed by atoms with Crippen LogP contribution in [0, 0.1) is 11.8 Å². The van der Waals surface area contributed by atoms with Crippen LogP contribution in [-0.2, 0) is 19.1 Å². The fourth-order valence-corrected chi connectivity index (χ4v) is 2.46. The van der Waals surface area contributed by atoms with E-state index in [2.05, 4.69) is 12.2 Å². The van der Waals surface area contributed by atoms with Gasteiger partial charge in [0.15, 0.2) is 0 Å². The van der Waals surface area contributed by atoms with Gasteiger partial charge in [0.25, 0.3) is 0 Å². The molecule has 0 aliphatic carbocycles. The van der Waals surface area contributed by atoms with Gasteiger partial charge >= 0.3 is 5.97 Å². The SMILES string of the molecule is CCC1OC(OC(C)=O)C(NC(C)=O)[C@@H](C)[C@@H]1C. The zero-order valence-corrected chi connectivity index (χ0v) is 11.7. The molecule has 1 aliphatic heterocycles. The first kappa shape index (κ1) is 15.0. The van der Waals surface area contributed by atoms with E-state index >= 15 is 0 Å². The van der Waals surface area contributed by atoms with Crippen molar-refractivity contribution < 1.29 is 19.1 Å². The van der Waals surface area contributed by atoms with Crippen LogP contribution in [0.4, 0.5) is 0 Å². The van der Waals surface area contributed by atoms with E-state index in [1.54, 1.807) is 0 Å². The summed E-state index contributed by atoms with van der Waals surface area (Å²) in [6, 6.07) is -0.288. The molecule has 5 nitrogen and oxygen atoms in total. The Labute approximate surface area is 108 Å². The van der Waals surface area contributed by atoms with Crippen LogP contribution in [0.2, 0.25) is 0 Å². The number of rotatable bonds is 3. The molecule has 0 radical (unpaired) electrons. The molecule has 0 aromatic rings. The second kappa shape index (κ2) is 6.18. The summed E-state index contributed by atoms with van der Waals surface area (Å²) < 4.78 is 11.0. The van der Waals surface area contributed by atoms with Crippen LogP contribution >= 0.6 is 0 Å². The first-order valence-corrected chi connectivity index (χ1v) is 6.46. The molecule has 0 saturated carbocycles. The molecule has 3 unspecified atom stereocenters. The molecule has 18 heavy (non-hydrogen) atoms. The quantitative estimate of drug-likeness (QED) is 0.777. The monoisotopic (exact) mass is 257 g/mol. The van der Waals surface area contributed by atoms with E-state index in [-0.39, 0.29) is 24.0 Å². The molecule has 1 heterocycles. The molecule has 1 rings (SSSR count). The predicted molar refractivity (Wildman–Crippen MR) is 66.7 cm³/mol. The lowest BCUT2D eigenvalue weighted by Crippen LogP contribution is -2.57. The lowest BCUT2D eigenvalue weighted by molar-refractivity contribution is -0.231. The summed E-state index contributed by atoms with van der Waals surface area (Å²) in [5.74, 6) is -0.0442. The molecular weight excluding hydrogens is 234 g/mol. The smallest absolute Gasteiger partial charge is 0.305 e. The van der Waals surface area contributed by atoms with E-state index in [0.717, 1.165) is 6.42 Å². The van der Waals surface area contributed by atoms with E-state index in [4.69, 9.17) is 9.47 Å². The third-order valence-electron chi connectivity index (χ3n) is 3.64. The fraction of sp³-hybridized carbons (Fsp3) is 0.846. The Bertz CT molecular complexity index is 318. The van der Waals surface area contributed by atoms with Crippen molar-refractivity contribution in [3.8, 4) is 0 Å². The maximum atomic E-state index is 11.2. The van der Waals surface area contributed by atoms with Crippen molar-refractivity contribution in [1.82, 2.24) is 5.32 Å². The molecule has 104 valence electrons. The average Bonchev–Trinajstić information content (AvgIpc) is 2.27. The third kappa shape index (κ3) is 3.45. The predicted octanol–water partition coefficient (Wildman–Crippen LogP) is 1.46. The van der Waals surface area contributed by atoms with Gasteiger partial charge in [-0.05, 0) is 18.3 Å². The molecule has 0 bridgehead atoms. The highest BCUT2D eigenvalue weighted by atomic mass is 16.7. The number of ether oxygens (including phenoxy) is 2. The van der Waals surface area contributed by atoms with Crippen LogP contribution in [0.15, 0.2) is 0 Å². The molecule has 1 aliphatic rings. The van der Waals surface area contributed by atoms with Gasteiger partial charge in [-0.15, -0.1) is 0 Å². The number of amides is 1. The lowest BCUT2D eigenvalue weighted by atomic mass is 9.81. The van der Waals surface area contributed by atoms with Gasteiger partial charge in [-0.3, -0.25) is 9.59 Å². The van der Waals surface area contributed by atoms with Crippen LogP contribution in [0.3, 0.4) is 0 Å². The van der Waals surface area contributed by atoms with Crippen molar-refractivity contribution in [1.29, 1.82) is 0 Å². The summed E-state index contributed by atoms with van der Waals surface area (Å²) in [6.07, 6.45) is 0.215. The molecule has 1 N–H and O–H groups in total. The van der Waals surface area contributed by atoms with Crippen molar-refractivity contribution in [2.75, 3.05) is 0 Å². The second-order valence-corrected chi connectivity index (χ2v) is 5.01. The van der Waals surface area contributed by atoms with Gasteiger partial charge in [0.1, 0.15) is 0 Å². The van der Waals surface area contributed by atoms with Gasteiger partial charge in [0, 0.05) is 13.8 Å². The second-order valence-electron chi connectivity index (χ2n) is 5.01. The van der Waals surface area contributed by atoms with Crippen LogP contribution in [-0.4, -0.2) is 30.3 Å². The van der Waals surface area contributed by atoms with Crippen LogP contribution in [0.25, 0.3) is 0 Å². The lowest BCUT2D eigenvalue weighted by Gasteiger charge is -2.44. The van der Waals surface area contributed by atoms with E-state index < -0.39 is 12.3 Å². The zero-order valence-electron chi connectivity index (χ0n) is 11.7. The number of carbonyl (C=O) groups is 2. The topological polar surface area (TPSA) is 64.6 Å². The van der Waals surface area contributed by atoms with Gasteiger partial charge in [-0.25, -0.2) is 0 Å². The Balaban J connectivity index is 2.86. The van der Waals surface area contributed by atoms with Gasteiger partial charge in [0.05, 0.1) is 12.1 Å². The van der Waals surface area contributed by atoms with Crippen molar-refractivity contribution in [3.63, 3.8) is 0 Å². The van der Waals surface area contributed by atoms with Gasteiger partial charge in [-0.2, -0.15) is 0 Å². The van der Waals surface area contributed by atoms with Crippen molar-refractivity contribution in [2.45, 2.75) is 59.5 Å². The Kier molecular flexibility index (Phi) is 5.14. The highest BCUT2D eigenvalue weighted by Gasteiger charge is 2.42. The number of nitrogens with one attached hydrogen (secondary N) is 1. The van der Waals surface area contributed by atoms with Crippen LogP contribution in [0.1, 0.15) is 41.0 Å². The minimum absolute atomic E-state index is 0.0503. The van der Waals surface area contributed by atoms with Crippen molar-refractivity contribution in [2.24, 2.45) is 11.8 Å². The zero-order chi connectivity index (χ0) is 13.9. The average molecular weight is 257 g/mol. The minimum Gasteiger partial charge on any atom is -0.434 e. The van der Waals surface area contributed by atoms with Gasteiger partial charge in [0.2, 0.25) is 12.2 Å². The van der Waals surface area contributed by atoms with Crippen LogP contribution < -0.4 is 5.32 Å². The highest BCUT2D eigenvalue weighted by molar-refractivity contribution is 5.73. The molecule has 0 aromatic heterocycles. The summed E-state index contributed by atoms with van der Waals surface area (Å²) in [6.45, 7) is 8.98. The standard InChI is InChI=1S/C13H23NO4/c1-6-11-7(2)8(3)12(14-9(4)15)13(18-11)17-10(5)16/h7-8,11-13H,6H2,1-5H3,(H,14,15)/t7-,8-,11?,12?,13?/m0/s1. The van der Waals surface area contributed by atoms with E-state index in [0.29, 0.717) is 5.92 Å². The van der Waals surface area contributed by atoms with Gasteiger partial charge < -0.3 is 14.8 Å². The van der Waals surface area contributed by atoms with Crippen molar-refractivity contribution >= 4 is 11.9 Å². The molecular formula is C13H23NO4. The molecule has 0 spiro atoms. The number of hydrogen-bond acceptors (Lipinski definition) is 4. The Morgan fingerprint density at radius 1 is 1.22 bits per heavy atom. The molecule has 5 atom stereocenters. The normalized spacial score (nSPS) is 35.9. The minimum atomic E-state index is -0.692. The maximum absolute atomic E-state index is 11.2. The van der Waals surface area contributed by atoms with Gasteiger partial charge in [-0.1, -0.05) is 20.8 Å². The number of hydrogen-bond donors (Lipinski definition) is 1. The molecule has 1 fully saturated rings. The molecule has 1 amide bonds. The highest BCUT2D eigenvalue weighted by Crippen LogP contribution is 2.32. The van der Waals surface area contributed by atoms with E-state index in [1.807, 2.05) is 13.8 Å². The Hall–Kier alpha value is -1.10. The Morgan fingerprint density at radius 3 is 2.28 bits per heavy atom. The fourth-order valence-electron chi connectivity index (χ4n) is 2.46. The van der Waals surface area contributed by atoms with Crippen molar-refractivity contribution in [3.05, 3.63) is 0 Å². The third-order valence-corrected chi connectivity index (χ3v) is 3.64.